The number of esters is 1. The Kier molecular flexibility index (Phi) is 4.27. The SMILES string of the molecule is COC(=O)C1=C[C@](C)(CCC=O)CC[C@H]1C. The summed E-state index contributed by atoms with van der Waals surface area (Å²) in [6, 6.07) is 0. The van der Waals surface area contributed by atoms with Crippen LogP contribution in [0.4, 0.5) is 0 Å². The summed E-state index contributed by atoms with van der Waals surface area (Å²) in [5, 5.41) is 0. The maximum Gasteiger partial charge on any atom is 0.333 e. The van der Waals surface area contributed by atoms with Crippen molar-refractivity contribution in [2.24, 2.45) is 11.3 Å². The molecule has 0 heterocycles. The van der Waals surface area contributed by atoms with Gasteiger partial charge < -0.3 is 9.53 Å². The first-order valence-electron chi connectivity index (χ1n) is 5.77. The van der Waals surface area contributed by atoms with E-state index < -0.39 is 0 Å². The molecule has 0 aliphatic heterocycles. The first-order chi connectivity index (χ1) is 7.52. The van der Waals surface area contributed by atoms with Crippen LogP contribution in [-0.2, 0) is 14.3 Å². The Morgan fingerprint density at radius 3 is 2.94 bits per heavy atom. The lowest BCUT2D eigenvalue weighted by Gasteiger charge is -2.33. The van der Waals surface area contributed by atoms with Crippen LogP contribution in [0.3, 0.4) is 0 Å². The van der Waals surface area contributed by atoms with Crippen LogP contribution in [0.5, 0.6) is 0 Å². The zero-order chi connectivity index (χ0) is 12.2. The third kappa shape index (κ3) is 2.94. The maximum atomic E-state index is 11.6. The van der Waals surface area contributed by atoms with Crippen molar-refractivity contribution in [3.05, 3.63) is 11.6 Å². The molecule has 3 nitrogen and oxygen atoms in total. The van der Waals surface area contributed by atoms with Crippen LogP contribution in [0.1, 0.15) is 39.5 Å². The molecule has 0 aromatic rings. The monoisotopic (exact) mass is 224 g/mol. The number of carbonyl (C=O) groups excluding carboxylic acids is 2. The van der Waals surface area contributed by atoms with Gasteiger partial charge >= 0.3 is 5.97 Å². The zero-order valence-corrected chi connectivity index (χ0v) is 10.3. The van der Waals surface area contributed by atoms with Crippen molar-refractivity contribution in [2.75, 3.05) is 7.11 Å². The number of allylic oxidation sites excluding steroid dienone is 1. The summed E-state index contributed by atoms with van der Waals surface area (Å²) in [6.45, 7) is 4.15. The summed E-state index contributed by atoms with van der Waals surface area (Å²) in [6.07, 6.45) is 6.32. The van der Waals surface area contributed by atoms with Gasteiger partial charge in [0.2, 0.25) is 0 Å². The molecule has 2 atom stereocenters. The minimum absolute atomic E-state index is 0.0308. The number of hydrogen-bond donors (Lipinski definition) is 0. The smallest absolute Gasteiger partial charge is 0.333 e. The van der Waals surface area contributed by atoms with Crippen molar-refractivity contribution in [1.29, 1.82) is 0 Å². The van der Waals surface area contributed by atoms with Gasteiger partial charge in [-0.15, -0.1) is 0 Å². The summed E-state index contributed by atoms with van der Waals surface area (Å²) in [7, 11) is 1.41. The molecule has 16 heavy (non-hydrogen) atoms. The average molecular weight is 224 g/mol. The molecule has 0 fully saturated rings. The van der Waals surface area contributed by atoms with Gasteiger partial charge in [0, 0.05) is 12.0 Å². The number of aldehydes is 1. The predicted octanol–water partition coefficient (Wildman–Crippen LogP) is 2.50. The Balaban J connectivity index is 2.86. The van der Waals surface area contributed by atoms with Gasteiger partial charge in [-0.25, -0.2) is 4.79 Å². The standard InChI is InChI=1S/C13H20O3/c1-10-5-7-13(2,6-4-8-14)9-11(10)12(15)16-3/h8-10H,4-7H2,1-3H3/t10-,13-/m1/s1. The van der Waals surface area contributed by atoms with E-state index in [1.807, 2.05) is 13.0 Å². The third-order valence-electron chi connectivity index (χ3n) is 3.44. The van der Waals surface area contributed by atoms with Gasteiger partial charge in [-0.1, -0.05) is 19.9 Å². The molecule has 3 heteroatoms. The molecular formula is C13H20O3. The van der Waals surface area contributed by atoms with Gasteiger partial charge in [0.15, 0.2) is 0 Å². The first kappa shape index (κ1) is 12.9. The van der Waals surface area contributed by atoms with Crippen molar-refractivity contribution in [2.45, 2.75) is 39.5 Å². The van der Waals surface area contributed by atoms with Gasteiger partial charge in [0.05, 0.1) is 7.11 Å². The highest BCUT2D eigenvalue weighted by Crippen LogP contribution is 2.40. The summed E-state index contributed by atoms with van der Waals surface area (Å²) >= 11 is 0. The topological polar surface area (TPSA) is 43.4 Å². The van der Waals surface area contributed by atoms with Crippen LogP contribution >= 0.6 is 0 Å². The second-order valence-electron chi connectivity index (χ2n) is 4.89. The van der Waals surface area contributed by atoms with Crippen molar-refractivity contribution in [1.82, 2.24) is 0 Å². The van der Waals surface area contributed by atoms with Gasteiger partial charge in [0.25, 0.3) is 0 Å². The molecule has 1 aliphatic rings. The maximum absolute atomic E-state index is 11.6. The molecule has 1 rings (SSSR count). The molecule has 0 bridgehead atoms. The molecule has 0 saturated heterocycles. The van der Waals surface area contributed by atoms with Crippen molar-refractivity contribution in [3.8, 4) is 0 Å². The molecule has 0 spiro atoms. The lowest BCUT2D eigenvalue weighted by Crippen LogP contribution is -2.25. The molecule has 90 valence electrons. The summed E-state index contributed by atoms with van der Waals surface area (Å²) in [5.74, 6) is 0.0290. The second-order valence-corrected chi connectivity index (χ2v) is 4.89. The van der Waals surface area contributed by atoms with Crippen molar-refractivity contribution >= 4 is 12.3 Å². The van der Waals surface area contributed by atoms with Crippen LogP contribution in [0.15, 0.2) is 11.6 Å². The quantitative estimate of drug-likeness (QED) is 0.544. The van der Waals surface area contributed by atoms with E-state index in [4.69, 9.17) is 4.74 Å². The number of methoxy groups -OCH3 is 1. The van der Waals surface area contributed by atoms with Gasteiger partial charge in [-0.2, -0.15) is 0 Å². The molecule has 0 aromatic carbocycles. The van der Waals surface area contributed by atoms with E-state index in [2.05, 4.69) is 6.92 Å². The van der Waals surface area contributed by atoms with Gasteiger partial charge in [-0.05, 0) is 30.6 Å². The van der Waals surface area contributed by atoms with Gasteiger partial charge in [0.1, 0.15) is 6.29 Å². The van der Waals surface area contributed by atoms with Crippen LogP contribution in [-0.4, -0.2) is 19.4 Å². The molecule has 0 N–H and O–H groups in total. The number of hydrogen-bond acceptors (Lipinski definition) is 3. The number of rotatable bonds is 4. The van der Waals surface area contributed by atoms with E-state index in [1.165, 1.54) is 7.11 Å². The molecule has 0 radical (unpaired) electrons. The zero-order valence-electron chi connectivity index (χ0n) is 10.3. The van der Waals surface area contributed by atoms with Crippen LogP contribution in [0.2, 0.25) is 0 Å². The highest BCUT2D eigenvalue weighted by atomic mass is 16.5. The molecule has 0 amide bonds. The minimum atomic E-state index is -0.232. The lowest BCUT2D eigenvalue weighted by atomic mass is 9.71. The van der Waals surface area contributed by atoms with Crippen LogP contribution in [0.25, 0.3) is 0 Å². The van der Waals surface area contributed by atoms with Crippen molar-refractivity contribution in [3.63, 3.8) is 0 Å². The van der Waals surface area contributed by atoms with Crippen LogP contribution < -0.4 is 0 Å². The highest BCUT2D eigenvalue weighted by molar-refractivity contribution is 5.89. The van der Waals surface area contributed by atoms with E-state index in [0.717, 1.165) is 31.1 Å². The lowest BCUT2D eigenvalue weighted by molar-refractivity contribution is -0.137. The normalized spacial score (nSPS) is 29.4. The molecule has 1 aliphatic carbocycles. The molecule has 0 aromatic heterocycles. The average Bonchev–Trinajstić information content (AvgIpc) is 2.29. The second kappa shape index (κ2) is 5.28. The Morgan fingerprint density at radius 2 is 2.38 bits per heavy atom. The summed E-state index contributed by atoms with van der Waals surface area (Å²) in [5.41, 5.74) is 0.735. The fourth-order valence-corrected chi connectivity index (χ4v) is 2.26. The van der Waals surface area contributed by atoms with E-state index in [9.17, 15) is 9.59 Å². The van der Waals surface area contributed by atoms with E-state index in [-0.39, 0.29) is 17.3 Å². The molecule has 0 unspecified atom stereocenters. The Labute approximate surface area is 96.9 Å². The Morgan fingerprint density at radius 1 is 1.69 bits per heavy atom. The molecule has 0 saturated carbocycles. The molecular weight excluding hydrogens is 204 g/mol. The fourth-order valence-electron chi connectivity index (χ4n) is 2.26. The number of carbonyl (C=O) groups is 2. The summed E-state index contributed by atoms with van der Waals surface area (Å²) in [4.78, 5) is 22.0. The largest absolute Gasteiger partial charge is 0.466 e. The van der Waals surface area contributed by atoms with E-state index in [0.29, 0.717) is 6.42 Å². The predicted molar refractivity (Wildman–Crippen MR) is 61.9 cm³/mol. The minimum Gasteiger partial charge on any atom is -0.466 e. The van der Waals surface area contributed by atoms with E-state index in [1.54, 1.807) is 0 Å². The highest BCUT2D eigenvalue weighted by Gasteiger charge is 2.31. The Bertz CT molecular complexity index is 306. The number of ether oxygens (including phenoxy) is 1. The van der Waals surface area contributed by atoms with Crippen LogP contribution in [0, 0.1) is 11.3 Å². The third-order valence-corrected chi connectivity index (χ3v) is 3.44. The Hall–Kier alpha value is -1.12. The summed E-state index contributed by atoms with van der Waals surface area (Å²) < 4.78 is 4.78. The fraction of sp³-hybridized carbons (Fsp3) is 0.692. The van der Waals surface area contributed by atoms with Gasteiger partial charge in [-0.3, -0.25) is 0 Å². The van der Waals surface area contributed by atoms with E-state index >= 15 is 0 Å². The van der Waals surface area contributed by atoms with Crippen molar-refractivity contribution < 1.29 is 14.3 Å². The first-order valence-corrected chi connectivity index (χ1v) is 5.77.